The first-order chi connectivity index (χ1) is 17.7. The van der Waals surface area contributed by atoms with Crippen LogP contribution < -0.4 is 26.5 Å². The molecule has 0 aromatic carbocycles. The van der Waals surface area contributed by atoms with E-state index in [1.165, 1.54) is 24.3 Å². The molecule has 0 spiro atoms. The number of nitrogens with one attached hydrogen (secondary N) is 1. The van der Waals surface area contributed by atoms with Crippen molar-refractivity contribution in [3.8, 4) is 0 Å². The minimum atomic E-state index is -1.50. The number of carbonyl (C=O) groups excluding carboxylic acids is 4. The number of primary amides is 1. The number of pyridine rings is 1. The van der Waals surface area contributed by atoms with E-state index in [-0.39, 0.29) is 28.0 Å². The van der Waals surface area contributed by atoms with Gasteiger partial charge in [0.15, 0.2) is 29.8 Å². The molecule has 1 fully saturated rings. The highest BCUT2D eigenvalue weighted by molar-refractivity contribution is 8.00. The normalized spacial score (nSPS) is 19.4. The van der Waals surface area contributed by atoms with Crippen molar-refractivity contribution in [1.29, 1.82) is 0 Å². The van der Waals surface area contributed by atoms with Crippen molar-refractivity contribution in [1.82, 2.24) is 15.2 Å². The van der Waals surface area contributed by atoms with Crippen LogP contribution in [0.1, 0.15) is 16.1 Å². The van der Waals surface area contributed by atoms with Crippen molar-refractivity contribution < 1.29 is 33.7 Å². The maximum absolute atomic E-state index is 12.9. The number of nitrogen functional groups attached to an aromatic ring is 1. The van der Waals surface area contributed by atoms with Crippen molar-refractivity contribution in [3.05, 3.63) is 64.6 Å². The molecule has 0 radical (unpaired) electrons. The molecule has 0 saturated carbocycles. The number of aliphatic carboxylic acids is 1. The molecule has 5 N–H and O–H groups in total. The minimum Gasteiger partial charge on any atom is -0.543 e. The lowest BCUT2D eigenvalue weighted by Gasteiger charge is -2.50. The van der Waals surface area contributed by atoms with Gasteiger partial charge in [-0.3, -0.25) is 19.3 Å². The van der Waals surface area contributed by atoms with E-state index in [2.05, 4.69) is 15.5 Å². The molecule has 13 nitrogen and oxygen atoms in total. The average molecular weight is 544 g/mol. The van der Waals surface area contributed by atoms with Crippen molar-refractivity contribution >= 4 is 57.6 Å². The van der Waals surface area contributed by atoms with Gasteiger partial charge in [0.1, 0.15) is 24.2 Å². The maximum atomic E-state index is 12.9. The number of thioether (sulfide) groups is 1. The van der Waals surface area contributed by atoms with Gasteiger partial charge in [0.05, 0.1) is 17.2 Å². The number of hydrogen-bond acceptors (Lipinski definition) is 11. The van der Waals surface area contributed by atoms with E-state index in [1.54, 1.807) is 41.2 Å². The average Bonchev–Trinajstić information content (AvgIpc) is 3.31. The Morgan fingerprint density at radius 3 is 2.70 bits per heavy atom. The molecule has 192 valence electrons. The van der Waals surface area contributed by atoms with Crippen LogP contribution in [-0.4, -0.2) is 63.6 Å². The summed E-state index contributed by atoms with van der Waals surface area (Å²) < 4.78 is 1.76. The van der Waals surface area contributed by atoms with Gasteiger partial charge < -0.3 is 31.5 Å². The number of nitrogens with zero attached hydrogens (tertiary/aromatic N) is 4. The number of amides is 3. The third-order valence-corrected chi connectivity index (χ3v) is 7.43. The number of anilines is 1. The summed E-state index contributed by atoms with van der Waals surface area (Å²) in [5.41, 5.74) is 11.4. The Balaban J connectivity index is 1.47. The highest BCUT2D eigenvalue weighted by Crippen LogP contribution is 2.40. The molecular weight excluding hydrogens is 522 g/mol. The highest BCUT2D eigenvalue weighted by Gasteiger charge is 2.53. The predicted octanol–water partition coefficient (Wildman–Crippen LogP) is -1.88. The van der Waals surface area contributed by atoms with Crippen LogP contribution in [0.2, 0.25) is 0 Å². The monoisotopic (exact) mass is 543 g/mol. The van der Waals surface area contributed by atoms with E-state index in [1.807, 2.05) is 0 Å². The third kappa shape index (κ3) is 5.31. The number of carboxylic acids is 1. The summed E-state index contributed by atoms with van der Waals surface area (Å²) in [6.45, 7) is 0.381. The largest absolute Gasteiger partial charge is 0.543 e. The van der Waals surface area contributed by atoms with Crippen molar-refractivity contribution in [2.75, 3.05) is 18.6 Å². The van der Waals surface area contributed by atoms with E-state index < -0.39 is 35.1 Å². The van der Waals surface area contributed by atoms with E-state index in [9.17, 15) is 24.3 Å². The van der Waals surface area contributed by atoms with Crippen molar-refractivity contribution in [2.24, 2.45) is 10.9 Å². The molecule has 0 aliphatic carbocycles. The van der Waals surface area contributed by atoms with Crippen LogP contribution in [-0.2, 0) is 25.8 Å². The second-order valence-corrected chi connectivity index (χ2v) is 9.76. The number of carbonyl (C=O) groups is 4. The van der Waals surface area contributed by atoms with E-state index in [0.29, 0.717) is 17.7 Å². The lowest BCUT2D eigenvalue weighted by molar-refractivity contribution is -0.687. The summed E-state index contributed by atoms with van der Waals surface area (Å²) in [5.74, 6) is -3.07. The Morgan fingerprint density at radius 1 is 1.38 bits per heavy atom. The third-order valence-electron chi connectivity index (χ3n) is 5.45. The van der Waals surface area contributed by atoms with Gasteiger partial charge in [-0.25, -0.2) is 9.55 Å². The second-order valence-electron chi connectivity index (χ2n) is 7.77. The van der Waals surface area contributed by atoms with Crippen LogP contribution in [0.3, 0.4) is 0 Å². The zero-order chi connectivity index (χ0) is 26.7. The van der Waals surface area contributed by atoms with Crippen LogP contribution in [0.5, 0.6) is 0 Å². The Labute approximate surface area is 218 Å². The second kappa shape index (κ2) is 10.8. The van der Waals surface area contributed by atoms with Crippen molar-refractivity contribution in [3.63, 3.8) is 0 Å². The molecule has 2 atom stereocenters. The number of thiazole rings is 1. The van der Waals surface area contributed by atoms with Gasteiger partial charge in [0.25, 0.3) is 11.8 Å². The molecule has 3 amide bonds. The minimum absolute atomic E-state index is 0.164. The fourth-order valence-electron chi connectivity index (χ4n) is 3.72. The van der Waals surface area contributed by atoms with Crippen LogP contribution in [0, 0.1) is 0 Å². The number of fused-ring (bicyclic) bond motifs is 1. The number of hydrogen-bond donors (Lipinski definition) is 3. The molecule has 4 heterocycles. The van der Waals surface area contributed by atoms with Crippen molar-refractivity contribution in [2.45, 2.75) is 18.0 Å². The van der Waals surface area contributed by atoms with Gasteiger partial charge in [-0.15, -0.1) is 23.1 Å². The molecule has 2 aromatic heterocycles. The summed E-state index contributed by atoms with van der Waals surface area (Å²) in [4.78, 5) is 58.7. The summed E-state index contributed by atoms with van der Waals surface area (Å²) in [5, 5.41) is 19.3. The number of β-lactam (4-membered cyclic amide) rings is 1. The van der Waals surface area contributed by atoms with Gasteiger partial charge in [-0.1, -0.05) is 11.2 Å². The topological polar surface area (TPSA) is 197 Å². The predicted molar refractivity (Wildman–Crippen MR) is 131 cm³/mol. The zero-order valence-electron chi connectivity index (χ0n) is 19.3. The SMILES string of the molecule is CO/N=C(\C(=O)NC1C(=O)N2C(C(=O)[O-])=C(C=CC[n+]3ccc(C(N)=O)cc3)CS[C@H]12)c1csc(N)n1. The lowest BCUT2D eigenvalue weighted by atomic mass is 10.0. The fourth-order valence-corrected chi connectivity index (χ4v) is 5.59. The number of aromatic nitrogens is 2. The van der Waals surface area contributed by atoms with Gasteiger partial charge in [-0.05, 0) is 11.6 Å². The molecule has 2 aliphatic rings. The number of rotatable bonds is 9. The Hall–Kier alpha value is -4.24. The first-order valence-corrected chi connectivity index (χ1v) is 12.6. The van der Waals surface area contributed by atoms with E-state index in [4.69, 9.17) is 16.3 Å². The van der Waals surface area contributed by atoms with Crippen LogP contribution >= 0.6 is 23.1 Å². The fraction of sp³-hybridized carbons (Fsp3) is 0.227. The molecule has 0 bridgehead atoms. The van der Waals surface area contributed by atoms with E-state index in [0.717, 1.165) is 16.2 Å². The molecule has 2 aliphatic heterocycles. The standard InChI is InChI=1S/C22H21N7O6S2/c1-35-27-14(13-10-37-22(24)25-13)18(31)26-15-19(32)29-16(21(33)34)12(9-36-20(15)29)3-2-6-28-7-4-11(5-8-28)17(23)30/h2-5,7-8,10,15,20H,6,9H2,1H3,(H5-,23,24,25,26,30,31,33,34)/b3-2?,27-14-/t15?,20-/m1/s1. The number of carboxylic acid groups (broad SMARTS) is 1. The quantitative estimate of drug-likeness (QED) is 0.140. The van der Waals surface area contributed by atoms with E-state index >= 15 is 0 Å². The molecule has 2 aromatic rings. The Morgan fingerprint density at radius 2 is 2.11 bits per heavy atom. The van der Waals surface area contributed by atoms with Crippen LogP contribution in [0.4, 0.5) is 5.13 Å². The Bertz CT molecular complexity index is 1350. The molecule has 4 rings (SSSR count). The van der Waals surface area contributed by atoms with Gasteiger partial charge in [-0.2, -0.15) is 0 Å². The van der Waals surface area contributed by atoms with Gasteiger partial charge in [0.2, 0.25) is 5.91 Å². The van der Waals surface area contributed by atoms with Gasteiger partial charge in [0, 0.05) is 23.3 Å². The molecular formula is C22H21N7O6S2. The highest BCUT2D eigenvalue weighted by atomic mass is 32.2. The number of nitrogens with two attached hydrogens (primary N) is 2. The number of oxime groups is 1. The summed E-state index contributed by atoms with van der Waals surface area (Å²) in [7, 11) is 1.26. The number of allylic oxidation sites excluding steroid dienone is 2. The summed E-state index contributed by atoms with van der Waals surface area (Å²) in [6.07, 6.45) is 6.66. The lowest BCUT2D eigenvalue weighted by Crippen LogP contribution is -2.71. The summed E-state index contributed by atoms with van der Waals surface area (Å²) >= 11 is 2.41. The molecule has 15 heteroatoms. The molecule has 1 saturated heterocycles. The molecule has 1 unspecified atom stereocenters. The Kier molecular flexibility index (Phi) is 7.54. The van der Waals surface area contributed by atoms with Crippen LogP contribution in [0.25, 0.3) is 0 Å². The van der Waals surface area contributed by atoms with Crippen LogP contribution in [0.15, 0.2) is 58.5 Å². The summed E-state index contributed by atoms with van der Waals surface area (Å²) in [6, 6.07) is 2.17. The van der Waals surface area contributed by atoms with Gasteiger partial charge >= 0.3 is 0 Å². The zero-order valence-corrected chi connectivity index (χ0v) is 21.0. The smallest absolute Gasteiger partial charge is 0.276 e. The first kappa shape index (κ1) is 25.8. The maximum Gasteiger partial charge on any atom is 0.276 e. The molecule has 37 heavy (non-hydrogen) atoms. The first-order valence-electron chi connectivity index (χ1n) is 10.7.